The molecule has 0 saturated carbocycles. The first-order valence-corrected chi connectivity index (χ1v) is 8.79. The Hall–Kier alpha value is -3.17. The van der Waals surface area contributed by atoms with E-state index in [1.807, 2.05) is 6.92 Å². The van der Waals surface area contributed by atoms with E-state index in [1.165, 1.54) is 12.1 Å². The summed E-state index contributed by atoms with van der Waals surface area (Å²) in [5, 5.41) is 5.82. The molecule has 0 fully saturated rings. The van der Waals surface area contributed by atoms with E-state index in [9.17, 15) is 17.6 Å². The molecule has 0 saturated heterocycles. The summed E-state index contributed by atoms with van der Waals surface area (Å²) >= 11 is 0. The zero-order valence-corrected chi connectivity index (χ0v) is 15.5. The normalized spacial score (nSPS) is 13.0. The second-order valence-electron chi connectivity index (χ2n) is 5.98. The van der Waals surface area contributed by atoms with E-state index < -0.39 is 18.2 Å². The fourth-order valence-corrected chi connectivity index (χ4v) is 2.66. The van der Waals surface area contributed by atoms with Crippen LogP contribution in [-0.2, 0) is 13.1 Å². The van der Waals surface area contributed by atoms with Crippen LogP contribution < -0.4 is 24.8 Å². The molecule has 0 bridgehead atoms. The Kier molecular flexibility index (Phi) is 6.63. The Morgan fingerprint density at radius 3 is 2.59 bits per heavy atom. The van der Waals surface area contributed by atoms with E-state index in [0.717, 1.165) is 18.2 Å². The lowest BCUT2D eigenvalue weighted by atomic mass is 10.1. The van der Waals surface area contributed by atoms with Crippen LogP contribution in [-0.4, -0.2) is 25.9 Å². The molecule has 156 valence electrons. The minimum Gasteiger partial charge on any atom is -0.454 e. The van der Waals surface area contributed by atoms with Crippen LogP contribution in [0.15, 0.2) is 35.3 Å². The summed E-state index contributed by atoms with van der Waals surface area (Å²) in [6.45, 7) is -0.749. The molecule has 0 unspecified atom stereocenters. The fraction of sp³-hybridized carbons (Fsp3) is 0.316. The van der Waals surface area contributed by atoms with Crippen molar-refractivity contribution in [3.8, 4) is 17.2 Å². The fourth-order valence-electron chi connectivity index (χ4n) is 2.66. The van der Waals surface area contributed by atoms with Crippen molar-refractivity contribution in [1.29, 1.82) is 0 Å². The monoisotopic (exact) mass is 413 g/mol. The van der Waals surface area contributed by atoms with Crippen molar-refractivity contribution in [2.75, 3.05) is 13.3 Å². The van der Waals surface area contributed by atoms with Crippen LogP contribution >= 0.6 is 0 Å². The molecule has 0 radical (unpaired) electrons. The van der Waals surface area contributed by atoms with Crippen molar-refractivity contribution in [2.45, 2.75) is 26.6 Å². The first-order chi connectivity index (χ1) is 14.0. The Bertz CT molecular complexity index is 893. The van der Waals surface area contributed by atoms with Crippen LogP contribution in [0.1, 0.15) is 18.1 Å². The average Bonchev–Trinajstić information content (AvgIpc) is 3.13. The molecule has 6 nitrogen and oxygen atoms in total. The summed E-state index contributed by atoms with van der Waals surface area (Å²) in [5.74, 6) is -0.203. The van der Waals surface area contributed by atoms with E-state index in [4.69, 9.17) is 9.47 Å². The second-order valence-corrected chi connectivity index (χ2v) is 5.98. The number of hydrogen-bond donors (Lipinski definition) is 2. The van der Waals surface area contributed by atoms with Gasteiger partial charge in [0.15, 0.2) is 17.5 Å². The van der Waals surface area contributed by atoms with Gasteiger partial charge in [0.05, 0.1) is 6.54 Å². The lowest BCUT2D eigenvalue weighted by Crippen LogP contribution is -2.37. The van der Waals surface area contributed by atoms with Gasteiger partial charge in [-0.1, -0.05) is 0 Å². The van der Waals surface area contributed by atoms with Gasteiger partial charge < -0.3 is 24.8 Å². The van der Waals surface area contributed by atoms with E-state index >= 15 is 0 Å². The number of alkyl halides is 2. The molecule has 10 heteroatoms. The van der Waals surface area contributed by atoms with Crippen molar-refractivity contribution in [2.24, 2.45) is 4.99 Å². The number of ether oxygens (including phenoxy) is 3. The molecule has 2 aromatic carbocycles. The second kappa shape index (κ2) is 9.35. The maximum absolute atomic E-state index is 13.8. The highest BCUT2D eigenvalue weighted by atomic mass is 19.3. The third-order valence-corrected chi connectivity index (χ3v) is 3.98. The van der Waals surface area contributed by atoms with Gasteiger partial charge >= 0.3 is 6.61 Å². The van der Waals surface area contributed by atoms with Gasteiger partial charge in [0, 0.05) is 30.3 Å². The van der Waals surface area contributed by atoms with E-state index in [1.54, 1.807) is 0 Å². The lowest BCUT2D eigenvalue weighted by molar-refractivity contribution is -0.0505. The molecule has 3 rings (SSSR count). The molecule has 0 aromatic heterocycles. The summed E-state index contributed by atoms with van der Waals surface area (Å²) in [6.07, 6.45) is 0. The highest BCUT2D eigenvalue weighted by Crippen LogP contribution is 2.39. The third kappa shape index (κ3) is 5.43. The minimum atomic E-state index is -3.01. The van der Waals surface area contributed by atoms with Crippen LogP contribution in [0.2, 0.25) is 0 Å². The van der Waals surface area contributed by atoms with Crippen LogP contribution in [0, 0.1) is 11.6 Å². The van der Waals surface area contributed by atoms with Gasteiger partial charge in [0.2, 0.25) is 6.79 Å². The van der Waals surface area contributed by atoms with Crippen molar-refractivity contribution >= 4 is 5.96 Å². The number of nitrogens with zero attached hydrogens (tertiary/aromatic N) is 1. The van der Waals surface area contributed by atoms with Crippen LogP contribution in [0.25, 0.3) is 0 Å². The molecule has 1 aliphatic rings. The maximum atomic E-state index is 13.8. The van der Waals surface area contributed by atoms with Crippen molar-refractivity contribution in [1.82, 2.24) is 10.6 Å². The Balaban J connectivity index is 1.76. The average molecular weight is 413 g/mol. The molecular weight excluding hydrogens is 394 g/mol. The molecule has 0 atom stereocenters. The molecule has 1 aliphatic heterocycles. The van der Waals surface area contributed by atoms with Crippen LogP contribution in [0.5, 0.6) is 17.2 Å². The zero-order valence-electron chi connectivity index (χ0n) is 15.5. The quantitative estimate of drug-likeness (QED) is 0.413. The number of aliphatic imine (C=N–C) groups is 1. The van der Waals surface area contributed by atoms with Gasteiger partial charge in [-0.2, -0.15) is 8.78 Å². The molecule has 0 aliphatic carbocycles. The maximum Gasteiger partial charge on any atom is 0.387 e. The first kappa shape index (κ1) is 20.6. The molecule has 0 amide bonds. The number of nitrogens with one attached hydrogen (secondary N) is 2. The van der Waals surface area contributed by atoms with Crippen LogP contribution in [0.4, 0.5) is 17.6 Å². The summed E-state index contributed by atoms with van der Waals surface area (Å²) in [7, 11) is 0. The Morgan fingerprint density at radius 1 is 1.10 bits per heavy atom. The SMILES string of the molecule is CCNC(=NCc1cc2c(cc1OC(F)F)OCO2)NCc1cc(F)ccc1F. The van der Waals surface area contributed by atoms with Crippen molar-refractivity contribution in [3.63, 3.8) is 0 Å². The molecular formula is C19H19F4N3O3. The minimum absolute atomic E-state index is 0.0143. The van der Waals surface area contributed by atoms with Gasteiger partial charge in [-0.25, -0.2) is 13.8 Å². The molecule has 2 aromatic rings. The van der Waals surface area contributed by atoms with Crippen molar-refractivity contribution < 1.29 is 31.8 Å². The molecule has 0 spiro atoms. The predicted octanol–water partition coefficient (Wildman–Crippen LogP) is 3.55. The Labute approximate surface area is 164 Å². The van der Waals surface area contributed by atoms with Gasteiger partial charge in [0.25, 0.3) is 0 Å². The molecule has 1 heterocycles. The topological polar surface area (TPSA) is 64.1 Å². The van der Waals surface area contributed by atoms with Gasteiger partial charge in [0.1, 0.15) is 17.4 Å². The predicted molar refractivity (Wildman–Crippen MR) is 97.2 cm³/mol. The third-order valence-electron chi connectivity index (χ3n) is 3.98. The number of fused-ring (bicyclic) bond motifs is 1. The summed E-state index contributed by atoms with van der Waals surface area (Å²) in [6, 6.07) is 5.98. The lowest BCUT2D eigenvalue weighted by Gasteiger charge is -2.14. The van der Waals surface area contributed by atoms with Crippen molar-refractivity contribution in [3.05, 3.63) is 53.1 Å². The number of rotatable bonds is 7. The summed E-state index contributed by atoms with van der Waals surface area (Å²) in [5.41, 5.74) is 0.476. The number of guanidine groups is 1. The number of halogens is 4. The number of hydrogen-bond acceptors (Lipinski definition) is 4. The first-order valence-electron chi connectivity index (χ1n) is 8.79. The molecule has 29 heavy (non-hydrogen) atoms. The standard InChI is InChI=1S/C19H19F4N3O3/c1-2-24-19(25-8-11-5-13(20)3-4-14(11)21)26-9-12-6-16-17(28-10-27-16)7-15(12)29-18(22)23/h3-7,18H,2,8-10H2,1H3,(H2,24,25,26). The Morgan fingerprint density at radius 2 is 1.86 bits per heavy atom. The summed E-state index contributed by atoms with van der Waals surface area (Å²) in [4.78, 5) is 4.30. The van der Waals surface area contributed by atoms with E-state index in [-0.39, 0.29) is 37.2 Å². The smallest absolute Gasteiger partial charge is 0.387 e. The number of benzene rings is 2. The highest BCUT2D eigenvalue weighted by Gasteiger charge is 2.20. The van der Waals surface area contributed by atoms with E-state index in [0.29, 0.717) is 23.6 Å². The van der Waals surface area contributed by atoms with Crippen LogP contribution in [0.3, 0.4) is 0 Å². The molecule has 2 N–H and O–H groups in total. The van der Waals surface area contributed by atoms with E-state index in [2.05, 4.69) is 20.4 Å². The zero-order chi connectivity index (χ0) is 20.8. The largest absolute Gasteiger partial charge is 0.454 e. The summed E-state index contributed by atoms with van der Waals surface area (Å²) < 4.78 is 67.5. The van der Waals surface area contributed by atoms with Gasteiger partial charge in [-0.15, -0.1) is 0 Å². The van der Waals surface area contributed by atoms with Gasteiger partial charge in [-0.05, 0) is 31.2 Å². The highest BCUT2D eigenvalue weighted by molar-refractivity contribution is 5.79. The van der Waals surface area contributed by atoms with Gasteiger partial charge in [-0.3, -0.25) is 0 Å².